The van der Waals surface area contributed by atoms with Crippen LogP contribution in [0.25, 0.3) is 0 Å². The fraction of sp³-hybridized carbons (Fsp3) is 0.571. The first-order chi connectivity index (χ1) is 8.39. The molecule has 1 aromatic carbocycles. The molecule has 4 heteroatoms. The lowest BCUT2D eigenvalue weighted by molar-refractivity contribution is 0.0350. The van der Waals surface area contributed by atoms with Gasteiger partial charge in [0.15, 0.2) is 0 Å². The van der Waals surface area contributed by atoms with Crippen molar-refractivity contribution in [2.45, 2.75) is 38.3 Å². The molecule has 2 rings (SSSR count). The minimum Gasteiger partial charge on any atom is -0.390 e. The van der Waals surface area contributed by atoms with Crippen LogP contribution in [-0.4, -0.2) is 23.8 Å². The van der Waals surface area contributed by atoms with Gasteiger partial charge in [-0.1, -0.05) is 6.07 Å². The predicted octanol–water partition coefficient (Wildman–Crippen LogP) is 2.20. The molecule has 1 aliphatic rings. The van der Waals surface area contributed by atoms with Crippen LogP contribution < -0.4 is 10.6 Å². The van der Waals surface area contributed by atoms with Gasteiger partial charge in [-0.05, 0) is 44.4 Å². The maximum Gasteiger partial charge on any atom is 0.146 e. The van der Waals surface area contributed by atoms with Gasteiger partial charge >= 0.3 is 0 Å². The Morgan fingerprint density at radius 1 is 1.39 bits per heavy atom. The van der Waals surface area contributed by atoms with Gasteiger partial charge in [0, 0.05) is 19.1 Å². The maximum atomic E-state index is 14.0. The number of rotatable bonds is 2. The molecule has 0 aromatic heterocycles. The summed E-state index contributed by atoms with van der Waals surface area (Å²) in [4.78, 5) is 1.98. The van der Waals surface area contributed by atoms with Crippen LogP contribution >= 0.6 is 0 Å². The number of benzene rings is 1. The van der Waals surface area contributed by atoms with Crippen LogP contribution in [0.4, 0.5) is 10.1 Å². The van der Waals surface area contributed by atoms with Gasteiger partial charge in [0.25, 0.3) is 0 Å². The van der Waals surface area contributed by atoms with Crippen LogP contribution in [0.2, 0.25) is 0 Å². The fourth-order valence-corrected chi connectivity index (χ4v) is 2.29. The molecule has 3 N–H and O–H groups in total. The second kappa shape index (κ2) is 4.86. The number of anilines is 1. The smallest absolute Gasteiger partial charge is 0.146 e. The Morgan fingerprint density at radius 3 is 2.50 bits per heavy atom. The van der Waals surface area contributed by atoms with Crippen molar-refractivity contribution in [2.75, 3.05) is 18.0 Å². The third-order valence-electron chi connectivity index (χ3n) is 3.68. The van der Waals surface area contributed by atoms with Gasteiger partial charge in [-0.2, -0.15) is 0 Å². The molecule has 0 unspecified atom stereocenters. The van der Waals surface area contributed by atoms with Gasteiger partial charge < -0.3 is 15.7 Å². The number of halogens is 1. The molecule has 0 bridgehead atoms. The van der Waals surface area contributed by atoms with Crippen LogP contribution in [-0.2, 0) is 0 Å². The van der Waals surface area contributed by atoms with Gasteiger partial charge in [-0.3, -0.25) is 0 Å². The molecule has 3 nitrogen and oxygen atoms in total. The van der Waals surface area contributed by atoms with Crippen molar-refractivity contribution in [1.82, 2.24) is 0 Å². The van der Waals surface area contributed by atoms with E-state index < -0.39 is 5.60 Å². The summed E-state index contributed by atoms with van der Waals surface area (Å²) in [5.74, 6) is -0.230. The summed E-state index contributed by atoms with van der Waals surface area (Å²) in [5.41, 5.74) is 6.53. The van der Waals surface area contributed by atoms with Crippen LogP contribution in [0.5, 0.6) is 0 Å². The summed E-state index contributed by atoms with van der Waals surface area (Å²) in [6.45, 7) is 5.04. The third kappa shape index (κ3) is 2.82. The van der Waals surface area contributed by atoms with Gasteiger partial charge in [0.1, 0.15) is 5.82 Å². The van der Waals surface area contributed by atoms with E-state index in [9.17, 15) is 9.50 Å². The van der Waals surface area contributed by atoms with E-state index in [1.807, 2.05) is 24.8 Å². The average molecular weight is 252 g/mol. The molecule has 0 amide bonds. The number of hydrogen-bond acceptors (Lipinski definition) is 3. The molecule has 0 radical (unpaired) electrons. The van der Waals surface area contributed by atoms with E-state index >= 15 is 0 Å². The molecular formula is C14H21FN2O. The van der Waals surface area contributed by atoms with Crippen molar-refractivity contribution in [3.63, 3.8) is 0 Å². The van der Waals surface area contributed by atoms with E-state index in [1.54, 1.807) is 6.07 Å². The first kappa shape index (κ1) is 13.3. The van der Waals surface area contributed by atoms with Crippen molar-refractivity contribution in [3.05, 3.63) is 29.6 Å². The topological polar surface area (TPSA) is 49.5 Å². The van der Waals surface area contributed by atoms with E-state index in [0.717, 1.165) is 5.56 Å². The Balaban J connectivity index is 2.15. The van der Waals surface area contributed by atoms with E-state index in [4.69, 9.17) is 5.73 Å². The molecule has 100 valence electrons. The maximum absolute atomic E-state index is 14.0. The second-order valence-corrected chi connectivity index (χ2v) is 5.48. The molecular weight excluding hydrogens is 231 g/mol. The highest BCUT2D eigenvalue weighted by Gasteiger charge is 2.28. The number of aliphatic hydroxyl groups is 1. The highest BCUT2D eigenvalue weighted by Crippen LogP contribution is 2.28. The van der Waals surface area contributed by atoms with Crippen molar-refractivity contribution >= 4 is 5.69 Å². The highest BCUT2D eigenvalue weighted by molar-refractivity contribution is 5.50. The number of nitrogens with zero attached hydrogens (tertiary/aromatic N) is 1. The van der Waals surface area contributed by atoms with Crippen LogP contribution in [0.15, 0.2) is 18.2 Å². The van der Waals surface area contributed by atoms with Crippen LogP contribution in [0.3, 0.4) is 0 Å². The molecule has 1 fully saturated rings. The van der Waals surface area contributed by atoms with Gasteiger partial charge in [0.05, 0.1) is 11.3 Å². The quantitative estimate of drug-likeness (QED) is 0.848. The number of hydrogen-bond donors (Lipinski definition) is 2. The lowest BCUT2D eigenvalue weighted by Crippen LogP contribution is -2.42. The zero-order chi connectivity index (χ0) is 13.3. The van der Waals surface area contributed by atoms with Gasteiger partial charge in [0.2, 0.25) is 0 Å². The minimum absolute atomic E-state index is 0.157. The number of nitrogens with two attached hydrogens (primary N) is 1. The van der Waals surface area contributed by atoms with E-state index in [-0.39, 0.29) is 11.9 Å². The lowest BCUT2D eigenvalue weighted by Gasteiger charge is -2.37. The Hall–Kier alpha value is -1.13. The van der Waals surface area contributed by atoms with Gasteiger partial charge in [-0.25, -0.2) is 4.39 Å². The number of piperidine rings is 1. The SMILES string of the molecule is C[C@@H](N)c1ccc(N2CCC(C)(O)CC2)c(F)c1. The second-order valence-electron chi connectivity index (χ2n) is 5.48. The third-order valence-corrected chi connectivity index (χ3v) is 3.68. The Morgan fingerprint density at radius 2 is 2.00 bits per heavy atom. The molecule has 1 aliphatic heterocycles. The first-order valence-electron chi connectivity index (χ1n) is 6.41. The molecule has 0 saturated carbocycles. The molecule has 1 atom stereocenters. The van der Waals surface area contributed by atoms with Crippen molar-refractivity contribution in [1.29, 1.82) is 0 Å². The zero-order valence-corrected chi connectivity index (χ0v) is 11.0. The standard InChI is InChI=1S/C14H21FN2O/c1-10(16)11-3-4-13(12(15)9-11)17-7-5-14(2,18)6-8-17/h3-4,9-10,18H,5-8,16H2,1-2H3/t10-/m1/s1. The predicted molar refractivity (Wildman–Crippen MR) is 71.1 cm³/mol. The van der Waals surface area contributed by atoms with Crippen LogP contribution in [0, 0.1) is 5.82 Å². The summed E-state index contributed by atoms with van der Waals surface area (Å²) in [7, 11) is 0. The monoisotopic (exact) mass is 252 g/mol. The Kier molecular flexibility index (Phi) is 3.59. The van der Waals surface area contributed by atoms with Crippen molar-refractivity contribution in [3.8, 4) is 0 Å². The largest absolute Gasteiger partial charge is 0.390 e. The lowest BCUT2D eigenvalue weighted by atomic mass is 9.93. The first-order valence-corrected chi connectivity index (χ1v) is 6.41. The van der Waals surface area contributed by atoms with E-state index in [2.05, 4.69) is 0 Å². The molecule has 1 aromatic rings. The average Bonchev–Trinajstić information content (AvgIpc) is 2.29. The molecule has 1 saturated heterocycles. The zero-order valence-electron chi connectivity index (χ0n) is 11.0. The summed E-state index contributed by atoms with van der Waals surface area (Å²) >= 11 is 0. The molecule has 1 heterocycles. The highest BCUT2D eigenvalue weighted by atomic mass is 19.1. The van der Waals surface area contributed by atoms with Crippen molar-refractivity contribution in [2.24, 2.45) is 5.73 Å². The Labute approximate surface area is 107 Å². The summed E-state index contributed by atoms with van der Waals surface area (Å²) in [5, 5.41) is 9.89. The van der Waals surface area contributed by atoms with Gasteiger partial charge in [-0.15, -0.1) is 0 Å². The molecule has 18 heavy (non-hydrogen) atoms. The minimum atomic E-state index is -0.612. The Bertz CT molecular complexity index is 422. The van der Waals surface area contributed by atoms with E-state index in [1.165, 1.54) is 6.07 Å². The fourth-order valence-electron chi connectivity index (χ4n) is 2.29. The van der Waals surface area contributed by atoms with Crippen LogP contribution in [0.1, 0.15) is 38.3 Å². The molecule has 0 spiro atoms. The summed E-state index contributed by atoms with van der Waals surface area (Å²) in [6.07, 6.45) is 1.34. The summed E-state index contributed by atoms with van der Waals surface area (Å²) < 4.78 is 14.0. The summed E-state index contributed by atoms with van der Waals surface area (Å²) in [6, 6.07) is 5.01. The normalized spacial score (nSPS) is 20.8. The van der Waals surface area contributed by atoms with Crippen molar-refractivity contribution < 1.29 is 9.50 Å². The molecule has 0 aliphatic carbocycles. The van der Waals surface area contributed by atoms with E-state index in [0.29, 0.717) is 31.6 Å².